The molecule has 1 saturated heterocycles. The second-order valence-corrected chi connectivity index (χ2v) is 11.8. The lowest BCUT2D eigenvalue weighted by molar-refractivity contribution is -0.137. The van der Waals surface area contributed by atoms with E-state index in [0.717, 1.165) is 61.7 Å². The van der Waals surface area contributed by atoms with Crippen molar-refractivity contribution in [3.05, 3.63) is 88.9 Å². The maximum Gasteiger partial charge on any atom is 0.416 e. The molecule has 1 aliphatic carbocycles. The average Bonchev–Trinajstić information content (AvgIpc) is 3.50. The number of likely N-dealkylation sites (N-methyl/N-ethyl adjacent to an activating group) is 1. The highest BCUT2D eigenvalue weighted by atomic mass is 19.4. The van der Waals surface area contributed by atoms with E-state index in [0.29, 0.717) is 47.8 Å². The lowest BCUT2D eigenvalue weighted by atomic mass is 9.83. The van der Waals surface area contributed by atoms with Crippen LogP contribution in [0.5, 0.6) is 11.5 Å². The number of piperazine rings is 1. The van der Waals surface area contributed by atoms with E-state index >= 15 is 0 Å². The van der Waals surface area contributed by atoms with Gasteiger partial charge in [0.25, 0.3) is 0 Å². The summed E-state index contributed by atoms with van der Waals surface area (Å²) in [5, 5.41) is 2.69. The van der Waals surface area contributed by atoms with E-state index in [-0.39, 0.29) is 18.1 Å². The van der Waals surface area contributed by atoms with E-state index in [9.17, 15) is 18.0 Å². The number of imidazole rings is 1. The van der Waals surface area contributed by atoms with Crippen molar-refractivity contribution in [3.8, 4) is 23.0 Å². The summed E-state index contributed by atoms with van der Waals surface area (Å²) in [6, 6.07) is 12.9. The van der Waals surface area contributed by atoms with Crippen LogP contribution in [-0.2, 0) is 36.9 Å². The van der Waals surface area contributed by atoms with Crippen molar-refractivity contribution in [1.29, 1.82) is 0 Å². The van der Waals surface area contributed by atoms with Crippen LogP contribution in [0.3, 0.4) is 0 Å². The van der Waals surface area contributed by atoms with Gasteiger partial charge in [0.15, 0.2) is 5.82 Å². The van der Waals surface area contributed by atoms with Gasteiger partial charge in [0.2, 0.25) is 5.91 Å². The van der Waals surface area contributed by atoms with Crippen molar-refractivity contribution in [2.75, 3.05) is 38.5 Å². The van der Waals surface area contributed by atoms with E-state index in [1.165, 1.54) is 6.07 Å². The highest BCUT2D eigenvalue weighted by Crippen LogP contribution is 2.34. The number of aryl methyl sites for hydroxylation is 1. The first-order valence-corrected chi connectivity index (χ1v) is 15.1. The Morgan fingerprint density at radius 3 is 2.64 bits per heavy atom. The van der Waals surface area contributed by atoms with Gasteiger partial charge in [-0.2, -0.15) is 13.2 Å². The van der Waals surface area contributed by atoms with Crippen LogP contribution in [0.1, 0.15) is 34.4 Å². The highest BCUT2D eigenvalue weighted by molar-refractivity contribution is 5.93. The summed E-state index contributed by atoms with van der Waals surface area (Å²) in [5.41, 5.74) is 8.87. The van der Waals surface area contributed by atoms with Gasteiger partial charge in [0.05, 0.1) is 11.3 Å². The largest absolute Gasteiger partial charge is 0.457 e. The fraction of sp³-hybridized carbons (Fsp3) is 0.364. The number of carbonyl (C=O) groups is 1. The number of hydrogen-bond donors (Lipinski definition) is 3. The van der Waals surface area contributed by atoms with Gasteiger partial charge in [-0.25, -0.2) is 4.98 Å². The molecule has 4 aromatic rings. The van der Waals surface area contributed by atoms with Gasteiger partial charge >= 0.3 is 6.18 Å². The molecule has 0 bridgehead atoms. The Hall–Kier alpha value is -4.26. The third-order valence-electron chi connectivity index (χ3n) is 8.42. The number of halogens is 3. The first-order chi connectivity index (χ1) is 21.6. The molecule has 4 N–H and O–H groups in total. The smallest absolute Gasteiger partial charge is 0.416 e. The molecule has 2 aliphatic rings. The number of benzene rings is 2. The molecule has 3 heterocycles. The van der Waals surface area contributed by atoms with Crippen LogP contribution in [0.2, 0.25) is 0 Å². The van der Waals surface area contributed by atoms with E-state index in [1.807, 2.05) is 30.5 Å². The molecule has 1 fully saturated rings. The number of pyridine rings is 1. The Kier molecular flexibility index (Phi) is 8.88. The first kappa shape index (κ1) is 30.8. The van der Waals surface area contributed by atoms with E-state index in [1.54, 1.807) is 12.3 Å². The van der Waals surface area contributed by atoms with Crippen molar-refractivity contribution in [2.24, 2.45) is 11.7 Å². The molecule has 12 heteroatoms. The number of amides is 1. The molecular weight excluding hydrogens is 583 g/mol. The number of alkyl halides is 3. The first-order valence-electron chi connectivity index (χ1n) is 15.1. The minimum Gasteiger partial charge on any atom is -0.457 e. The summed E-state index contributed by atoms with van der Waals surface area (Å²) >= 11 is 0. The Morgan fingerprint density at radius 2 is 1.87 bits per heavy atom. The SMILES string of the molecule is CN1CCN(Cc2c[nH]c(-c3cc(Oc4ccc5c(c4)CC(C(=O)Nc4cc(CN)cc(C(F)(F)F)c4)CC5)ccn3)n2)CC1. The standard InChI is InChI=1S/C33H36F3N7O2/c1-42-8-10-43(11-9-42)20-27-19-39-31(40-27)30-17-29(6-7-38-30)45-28-5-4-22-2-3-23(14-24(22)15-28)32(44)41-26-13-21(18-37)12-25(16-26)33(34,35)36/h4-7,12-13,15-17,19,23H,2-3,8-11,14,18,20,37H2,1H3,(H,39,40)(H,41,44). The number of nitrogens with two attached hydrogens (primary N) is 1. The number of aromatic amines is 1. The van der Waals surface area contributed by atoms with Crippen LogP contribution in [0.25, 0.3) is 11.5 Å². The number of anilines is 1. The van der Waals surface area contributed by atoms with Crippen molar-refractivity contribution in [2.45, 2.75) is 38.5 Å². The predicted octanol–water partition coefficient (Wildman–Crippen LogP) is 5.23. The molecule has 1 amide bonds. The summed E-state index contributed by atoms with van der Waals surface area (Å²) in [4.78, 5) is 30.3. The van der Waals surface area contributed by atoms with Crippen LogP contribution in [0, 0.1) is 5.92 Å². The van der Waals surface area contributed by atoms with Crippen LogP contribution in [0.15, 0.2) is 60.9 Å². The number of nitrogens with one attached hydrogen (secondary N) is 2. The van der Waals surface area contributed by atoms with Crippen molar-refractivity contribution >= 4 is 11.6 Å². The summed E-state index contributed by atoms with van der Waals surface area (Å²) in [6.07, 6.45) is 0.782. The topological polar surface area (TPSA) is 112 Å². The molecule has 0 radical (unpaired) electrons. The fourth-order valence-corrected chi connectivity index (χ4v) is 5.86. The molecule has 45 heavy (non-hydrogen) atoms. The molecule has 1 aliphatic heterocycles. The summed E-state index contributed by atoms with van der Waals surface area (Å²) < 4.78 is 46.3. The second-order valence-electron chi connectivity index (χ2n) is 11.8. The number of ether oxygens (including phenoxy) is 1. The summed E-state index contributed by atoms with van der Waals surface area (Å²) in [5.74, 6) is 1.17. The third-order valence-corrected chi connectivity index (χ3v) is 8.42. The number of hydrogen-bond acceptors (Lipinski definition) is 7. The van der Waals surface area contributed by atoms with Crippen LogP contribution >= 0.6 is 0 Å². The molecule has 0 saturated carbocycles. The van der Waals surface area contributed by atoms with Crippen molar-refractivity contribution < 1.29 is 22.7 Å². The zero-order valence-electron chi connectivity index (χ0n) is 25.0. The Labute approximate surface area is 259 Å². The Morgan fingerprint density at radius 1 is 1.07 bits per heavy atom. The normalized spacial score (nSPS) is 17.6. The zero-order chi connectivity index (χ0) is 31.6. The predicted molar refractivity (Wildman–Crippen MR) is 165 cm³/mol. The van der Waals surface area contributed by atoms with Crippen LogP contribution in [-0.4, -0.2) is 63.9 Å². The summed E-state index contributed by atoms with van der Waals surface area (Å²) in [7, 11) is 2.14. The zero-order valence-corrected chi connectivity index (χ0v) is 25.0. The minimum absolute atomic E-state index is 0.0647. The van der Waals surface area contributed by atoms with E-state index in [4.69, 9.17) is 15.5 Å². The van der Waals surface area contributed by atoms with E-state index < -0.39 is 17.7 Å². The molecular formula is C33H36F3N7O2. The van der Waals surface area contributed by atoms with Crippen molar-refractivity contribution in [3.63, 3.8) is 0 Å². The molecule has 1 atom stereocenters. The lowest BCUT2D eigenvalue weighted by Gasteiger charge is -2.31. The minimum atomic E-state index is -4.54. The molecule has 9 nitrogen and oxygen atoms in total. The molecule has 2 aromatic carbocycles. The molecule has 0 spiro atoms. The molecule has 1 unspecified atom stereocenters. The number of aromatic nitrogens is 3. The van der Waals surface area contributed by atoms with Gasteiger partial charge in [-0.1, -0.05) is 6.07 Å². The van der Waals surface area contributed by atoms with Crippen molar-refractivity contribution in [1.82, 2.24) is 24.8 Å². The molecule has 2 aromatic heterocycles. The number of H-pyrrole nitrogens is 1. The molecule has 236 valence electrons. The van der Waals surface area contributed by atoms with E-state index in [2.05, 4.69) is 32.1 Å². The lowest BCUT2D eigenvalue weighted by Crippen LogP contribution is -2.43. The van der Waals surface area contributed by atoms with Crippen LogP contribution in [0.4, 0.5) is 18.9 Å². The highest BCUT2D eigenvalue weighted by Gasteiger charge is 2.32. The van der Waals surface area contributed by atoms with Crippen LogP contribution < -0.4 is 15.8 Å². The van der Waals surface area contributed by atoms with Gasteiger partial charge in [-0.15, -0.1) is 0 Å². The second kappa shape index (κ2) is 13.0. The quantitative estimate of drug-likeness (QED) is 0.248. The number of nitrogens with zero attached hydrogens (tertiary/aromatic N) is 4. The monoisotopic (exact) mass is 619 g/mol. The summed E-state index contributed by atoms with van der Waals surface area (Å²) in [6.45, 7) is 4.83. The number of carbonyl (C=O) groups excluding carboxylic acids is 1. The van der Waals surface area contributed by atoms with Gasteiger partial charge in [0, 0.05) is 69.3 Å². The van der Waals surface area contributed by atoms with Gasteiger partial charge in [0.1, 0.15) is 17.2 Å². The van der Waals surface area contributed by atoms with Gasteiger partial charge in [-0.3, -0.25) is 14.7 Å². The average molecular weight is 620 g/mol. The Balaban J connectivity index is 1.11. The Bertz CT molecular complexity index is 1660. The molecule has 6 rings (SSSR count). The number of rotatable bonds is 8. The maximum atomic E-state index is 13.4. The van der Waals surface area contributed by atoms with Gasteiger partial charge in [-0.05, 0) is 79.4 Å². The maximum absolute atomic E-state index is 13.4. The fourth-order valence-electron chi connectivity index (χ4n) is 5.86. The third kappa shape index (κ3) is 7.52. The van der Waals surface area contributed by atoms with Gasteiger partial charge < -0.3 is 25.7 Å². The number of fused-ring (bicyclic) bond motifs is 1.